The van der Waals surface area contributed by atoms with E-state index in [0.29, 0.717) is 33.4 Å². The monoisotopic (exact) mass is 412 g/mol. The fourth-order valence-electron chi connectivity index (χ4n) is 1.97. The lowest BCUT2D eigenvalue weighted by Gasteiger charge is -2.18. The van der Waals surface area contributed by atoms with Gasteiger partial charge in [-0.3, -0.25) is 0 Å². The maximum Gasteiger partial charge on any atom is 0.171 e. The van der Waals surface area contributed by atoms with E-state index in [0.717, 1.165) is 0 Å². The predicted molar refractivity (Wildman–Crippen MR) is 101 cm³/mol. The number of benzene rings is 2. The highest BCUT2D eigenvalue weighted by Gasteiger charge is 2.10. The van der Waals surface area contributed by atoms with Crippen molar-refractivity contribution >= 4 is 38.9 Å². The van der Waals surface area contributed by atoms with Gasteiger partial charge in [-0.1, -0.05) is 28.1 Å². The van der Waals surface area contributed by atoms with Gasteiger partial charge in [0.2, 0.25) is 0 Å². The van der Waals surface area contributed by atoms with E-state index in [-0.39, 0.29) is 11.9 Å². The highest BCUT2D eigenvalue weighted by atomic mass is 79.9. The molecule has 0 amide bonds. The summed E-state index contributed by atoms with van der Waals surface area (Å²) in [5.41, 5.74) is 0.313. The lowest BCUT2D eigenvalue weighted by molar-refractivity contribution is 0.270. The molecule has 0 aliphatic heterocycles. The second-order valence-electron chi connectivity index (χ2n) is 5.09. The first kappa shape index (κ1) is 18.5. The topological polar surface area (TPSA) is 42.5 Å². The Bertz CT molecular complexity index is 715. The first-order valence-electron chi connectivity index (χ1n) is 7.28. The molecule has 4 nitrogen and oxygen atoms in total. The Morgan fingerprint density at radius 1 is 1.25 bits per heavy atom. The summed E-state index contributed by atoms with van der Waals surface area (Å²) in [6.07, 6.45) is 0. The Balaban J connectivity index is 1.85. The van der Waals surface area contributed by atoms with Crippen molar-refractivity contribution in [3.63, 3.8) is 0 Å². The van der Waals surface area contributed by atoms with Gasteiger partial charge in [-0.2, -0.15) is 0 Å². The van der Waals surface area contributed by atoms with Crippen LogP contribution in [0.3, 0.4) is 0 Å². The second-order valence-corrected chi connectivity index (χ2v) is 6.41. The van der Waals surface area contributed by atoms with E-state index in [1.165, 1.54) is 6.07 Å². The van der Waals surface area contributed by atoms with Gasteiger partial charge >= 0.3 is 0 Å². The fraction of sp³-hybridized carbons (Fsp3) is 0.235. The molecule has 0 unspecified atom stereocenters. The van der Waals surface area contributed by atoms with Gasteiger partial charge in [0, 0.05) is 4.47 Å². The zero-order valence-electron chi connectivity index (χ0n) is 13.3. The summed E-state index contributed by atoms with van der Waals surface area (Å²) in [5.74, 6) is 0.945. The third kappa shape index (κ3) is 5.35. The number of thiocarbonyl (C=S) groups is 1. The van der Waals surface area contributed by atoms with Crippen LogP contribution in [0.4, 0.5) is 10.1 Å². The largest absolute Gasteiger partial charge is 0.493 e. The van der Waals surface area contributed by atoms with Gasteiger partial charge < -0.3 is 20.1 Å². The van der Waals surface area contributed by atoms with Crippen molar-refractivity contribution < 1.29 is 13.9 Å². The van der Waals surface area contributed by atoms with Crippen molar-refractivity contribution in [2.75, 3.05) is 19.0 Å². The highest BCUT2D eigenvalue weighted by molar-refractivity contribution is 9.10. The molecule has 0 fully saturated rings. The van der Waals surface area contributed by atoms with E-state index in [4.69, 9.17) is 21.7 Å². The average molecular weight is 413 g/mol. The predicted octanol–water partition coefficient (Wildman–Crippen LogP) is 4.35. The number of anilines is 1. The SMILES string of the molecule is COc1ccccc1OC[C@@H](C)NC(=S)Nc1ccc(Br)cc1F. The minimum Gasteiger partial charge on any atom is -0.493 e. The van der Waals surface area contributed by atoms with Crippen molar-refractivity contribution in [1.82, 2.24) is 5.32 Å². The summed E-state index contributed by atoms with van der Waals surface area (Å²) in [5, 5.41) is 6.21. The highest BCUT2D eigenvalue weighted by Crippen LogP contribution is 2.25. The summed E-state index contributed by atoms with van der Waals surface area (Å²) in [7, 11) is 1.59. The lowest BCUT2D eigenvalue weighted by Crippen LogP contribution is -2.39. The second kappa shape index (κ2) is 8.84. The summed E-state index contributed by atoms with van der Waals surface area (Å²) >= 11 is 8.42. The summed E-state index contributed by atoms with van der Waals surface area (Å²) in [4.78, 5) is 0. The average Bonchev–Trinajstić information content (AvgIpc) is 2.55. The molecule has 2 aromatic carbocycles. The van der Waals surface area contributed by atoms with Crippen LogP contribution in [0.1, 0.15) is 6.92 Å². The van der Waals surface area contributed by atoms with E-state index in [9.17, 15) is 4.39 Å². The molecule has 1 atom stereocenters. The van der Waals surface area contributed by atoms with Gasteiger partial charge in [-0.15, -0.1) is 0 Å². The number of methoxy groups -OCH3 is 1. The Hall–Kier alpha value is -1.86. The van der Waals surface area contributed by atoms with Gasteiger partial charge in [0.05, 0.1) is 18.8 Å². The van der Waals surface area contributed by atoms with E-state index in [1.807, 2.05) is 31.2 Å². The Morgan fingerprint density at radius 2 is 1.96 bits per heavy atom. The molecular weight excluding hydrogens is 395 g/mol. The minimum absolute atomic E-state index is 0.0755. The van der Waals surface area contributed by atoms with E-state index >= 15 is 0 Å². The molecular formula is C17H18BrFN2O2S. The van der Waals surface area contributed by atoms with Gasteiger partial charge in [0.25, 0.3) is 0 Å². The Labute approximate surface area is 154 Å². The van der Waals surface area contributed by atoms with E-state index < -0.39 is 0 Å². The van der Waals surface area contributed by atoms with Crippen LogP contribution in [0.25, 0.3) is 0 Å². The smallest absolute Gasteiger partial charge is 0.171 e. The first-order chi connectivity index (χ1) is 11.5. The number of hydrogen-bond donors (Lipinski definition) is 2. The zero-order chi connectivity index (χ0) is 17.5. The van der Waals surface area contributed by atoms with Crippen molar-refractivity contribution in [2.45, 2.75) is 13.0 Å². The van der Waals surface area contributed by atoms with Gasteiger partial charge in [-0.25, -0.2) is 4.39 Å². The number of halogens is 2. The Kier molecular flexibility index (Phi) is 6.81. The molecule has 0 saturated carbocycles. The van der Waals surface area contributed by atoms with Crippen molar-refractivity contribution in [1.29, 1.82) is 0 Å². The van der Waals surface area contributed by atoms with E-state index in [2.05, 4.69) is 26.6 Å². The molecule has 2 N–H and O–H groups in total. The standard InChI is InChI=1S/C17H18BrFN2O2S/c1-11(10-23-16-6-4-3-5-15(16)22-2)20-17(24)21-14-8-7-12(18)9-13(14)19/h3-9,11H,10H2,1-2H3,(H2,20,21,24)/t11-/m1/s1. The van der Waals surface area contributed by atoms with Crippen molar-refractivity contribution in [2.24, 2.45) is 0 Å². The molecule has 0 spiro atoms. The van der Waals surface area contributed by atoms with E-state index in [1.54, 1.807) is 19.2 Å². The maximum atomic E-state index is 13.8. The van der Waals surface area contributed by atoms with Crippen LogP contribution in [-0.4, -0.2) is 24.9 Å². The van der Waals surface area contributed by atoms with Crippen LogP contribution in [0.2, 0.25) is 0 Å². The van der Waals surface area contributed by atoms with Crippen LogP contribution in [0, 0.1) is 5.82 Å². The fourth-order valence-corrected chi connectivity index (χ4v) is 2.61. The van der Waals surface area contributed by atoms with Crippen molar-refractivity contribution in [3.05, 3.63) is 52.8 Å². The molecule has 0 aliphatic rings. The third-order valence-corrected chi connectivity index (χ3v) is 3.83. The zero-order valence-corrected chi connectivity index (χ0v) is 15.7. The molecule has 0 aromatic heterocycles. The van der Waals surface area contributed by atoms with Gasteiger partial charge in [0.1, 0.15) is 12.4 Å². The number of rotatable bonds is 6. The number of para-hydroxylation sites is 2. The number of hydrogen-bond acceptors (Lipinski definition) is 3. The molecule has 7 heteroatoms. The van der Waals surface area contributed by atoms with Crippen LogP contribution >= 0.6 is 28.1 Å². The minimum atomic E-state index is -0.383. The van der Waals surface area contributed by atoms with Crippen LogP contribution in [0.5, 0.6) is 11.5 Å². The van der Waals surface area contributed by atoms with Gasteiger partial charge in [-0.05, 0) is 49.5 Å². The Morgan fingerprint density at radius 3 is 2.62 bits per heavy atom. The summed E-state index contributed by atoms with van der Waals surface area (Å²) in [6, 6.07) is 12.1. The lowest BCUT2D eigenvalue weighted by atomic mass is 10.3. The molecule has 2 aromatic rings. The maximum absolute atomic E-state index is 13.8. The molecule has 0 saturated heterocycles. The van der Waals surface area contributed by atoms with Crippen molar-refractivity contribution in [3.8, 4) is 11.5 Å². The number of nitrogens with one attached hydrogen (secondary N) is 2. The molecule has 24 heavy (non-hydrogen) atoms. The molecule has 0 radical (unpaired) electrons. The molecule has 0 bridgehead atoms. The summed E-state index contributed by atoms with van der Waals surface area (Å²) < 4.78 is 25.4. The number of ether oxygens (including phenoxy) is 2. The molecule has 2 rings (SSSR count). The molecule has 0 heterocycles. The summed E-state index contributed by atoms with van der Waals surface area (Å²) in [6.45, 7) is 2.30. The molecule has 128 valence electrons. The van der Waals surface area contributed by atoms with Gasteiger partial charge in [0.15, 0.2) is 16.6 Å². The van der Waals surface area contributed by atoms with Crippen LogP contribution in [-0.2, 0) is 0 Å². The third-order valence-electron chi connectivity index (χ3n) is 3.11. The first-order valence-corrected chi connectivity index (χ1v) is 8.48. The van der Waals surface area contributed by atoms with Crippen LogP contribution in [0.15, 0.2) is 46.9 Å². The molecule has 0 aliphatic carbocycles. The normalized spacial score (nSPS) is 11.5. The van der Waals surface area contributed by atoms with Crippen LogP contribution < -0.4 is 20.1 Å². The quantitative estimate of drug-likeness (QED) is 0.690.